The monoisotopic (exact) mass is 242 g/mol. The summed E-state index contributed by atoms with van der Waals surface area (Å²) in [5, 5.41) is 10.2. The molecule has 0 saturated carbocycles. The summed E-state index contributed by atoms with van der Waals surface area (Å²) in [6.07, 6.45) is 1.69. The molecule has 1 aromatic heterocycles. The highest BCUT2D eigenvalue weighted by Crippen LogP contribution is 2.29. The SMILES string of the molecule is CC(CC(O)c1cccnc1N)c1ccccc1. The van der Waals surface area contributed by atoms with Crippen LogP contribution in [0.25, 0.3) is 0 Å². The number of nitrogens with zero attached hydrogens (tertiary/aromatic N) is 1. The summed E-state index contributed by atoms with van der Waals surface area (Å²) in [6, 6.07) is 13.8. The molecule has 3 heteroatoms. The van der Waals surface area contributed by atoms with Crippen molar-refractivity contribution in [2.75, 3.05) is 5.73 Å². The van der Waals surface area contributed by atoms with E-state index in [9.17, 15) is 5.11 Å². The van der Waals surface area contributed by atoms with Gasteiger partial charge in [0.25, 0.3) is 0 Å². The second kappa shape index (κ2) is 5.65. The van der Waals surface area contributed by atoms with E-state index >= 15 is 0 Å². The van der Waals surface area contributed by atoms with Crippen molar-refractivity contribution in [3.63, 3.8) is 0 Å². The molecule has 0 aliphatic heterocycles. The van der Waals surface area contributed by atoms with Crippen LogP contribution in [0.5, 0.6) is 0 Å². The van der Waals surface area contributed by atoms with Crippen LogP contribution in [0.15, 0.2) is 48.7 Å². The Hall–Kier alpha value is -1.87. The van der Waals surface area contributed by atoms with Crippen LogP contribution in [0.4, 0.5) is 5.82 Å². The molecular weight excluding hydrogens is 224 g/mol. The number of nitrogens with two attached hydrogens (primary N) is 1. The first-order chi connectivity index (χ1) is 8.68. The van der Waals surface area contributed by atoms with E-state index in [2.05, 4.69) is 24.0 Å². The van der Waals surface area contributed by atoms with Gasteiger partial charge >= 0.3 is 0 Å². The lowest BCUT2D eigenvalue weighted by Crippen LogP contribution is -2.07. The van der Waals surface area contributed by atoms with Crippen molar-refractivity contribution >= 4 is 5.82 Å². The van der Waals surface area contributed by atoms with Gasteiger partial charge in [-0.05, 0) is 24.0 Å². The van der Waals surface area contributed by atoms with E-state index in [0.29, 0.717) is 17.8 Å². The van der Waals surface area contributed by atoms with Gasteiger partial charge in [0.2, 0.25) is 0 Å². The standard InChI is InChI=1S/C15H18N2O/c1-11(12-6-3-2-4-7-12)10-14(18)13-8-5-9-17-15(13)16/h2-9,11,14,18H,10H2,1H3,(H2,16,17). The van der Waals surface area contributed by atoms with E-state index < -0.39 is 6.10 Å². The van der Waals surface area contributed by atoms with Crippen molar-refractivity contribution in [3.05, 3.63) is 59.8 Å². The molecule has 3 nitrogen and oxygen atoms in total. The third-order valence-electron chi connectivity index (χ3n) is 3.18. The van der Waals surface area contributed by atoms with E-state index in [1.165, 1.54) is 5.56 Å². The number of benzene rings is 1. The van der Waals surface area contributed by atoms with Gasteiger partial charge in [0.1, 0.15) is 5.82 Å². The zero-order chi connectivity index (χ0) is 13.0. The van der Waals surface area contributed by atoms with Gasteiger partial charge in [0.05, 0.1) is 6.10 Å². The topological polar surface area (TPSA) is 59.1 Å². The van der Waals surface area contributed by atoms with Crippen LogP contribution in [0.2, 0.25) is 0 Å². The van der Waals surface area contributed by atoms with Gasteiger partial charge in [-0.15, -0.1) is 0 Å². The van der Waals surface area contributed by atoms with Crippen molar-refractivity contribution in [2.24, 2.45) is 0 Å². The number of aliphatic hydroxyl groups excluding tert-OH is 1. The van der Waals surface area contributed by atoms with Gasteiger partial charge < -0.3 is 10.8 Å². The number of rotatable bonds is 4. The minimum atomic E-state index is -0.575. The highest BCUT2D eigenvalue weighted by molar-refractivity contribution is 5.40. The molecule has 94 valence electrons. The number of pyridine rings is 1. The number of nitrogen functional groups attached to an aromatic ring is 1. The molecule has 0 radical (unpaired) electrons. The van der Waals surface area contributed by atoms with Gasteiger partial charge in [0, 0.05) is 11.8 Å². The van der Waals surface area contributed by atoms with Gasteiger partial charge in [-0.1, -0.05) is 43.3 Å². The molecule has 2 unspecified atom stereocenters. The van der Waals surface area contributed by atoms with Crippen LogP contribution in [-0.4, -0.2) is 10.1 Å². The summed E-state index contributed by atoms with van der Waals surface area (Å²) in [6.45, 7) is 2.10. The zero-order valence-corrected chi connectivity index (χ0v) is 10.5. The molecule has 1 aromatic carbocycles. The third kappa shape index (κ3) is 2.87. The first kappa shape index (κ1) is 12.6. The minimum Gasteiger partial charge on any atom is -0.388 e. The fraction of sp³-hybridized carbons (Fsp3) is 0.267. The molecule has 18 heavy (non-hydrogen) atoms. The van der Waals surface area contributed by atoms with Crippen LogP contribution in [0, 0.1) is 0 Å². The fourth-order valence-corrected chi connectivity index (χ4v) is 2.09. The lowest BCUT2D eigenvalue weighted by Gasteiger charge is -2.17. The largest absolute Gasteiger partial charge is 0.388 e. The highest BCUT2D eigenvalue weighted by atomic mass is 16.3. The summed E-state index contributed by atoms with van der Waals surface area (Å²) >= 11 is 0. The Morgan fingerprint density at radius 3 is 2.56 bits per heavy atom. The molecule has 1 heterocycles. The second-order valence-corrected chi connectivity index (χ2v) is 4.54. The molecule has 0 amide bonds. The normalized spacial score (nSPS) is 14.1. The lowest BCUT2D eigenvalue weighted by molar-refractivity contribution is 0.160. The predicted molar refractivity (Wildman–Crippen MR) is 73.1 cm³/mol. The smallest absolute Gasteiger partial charge is 0.129 e. The number of hydrogen-bond donors (Lipinski definition) is 2. The summed E-state index contributed by atoms with van der Waals surface area (Å²) in [4.78, 5) is 4.00. The summed E-state index contributed by atoms with van der Waals surface area (Å²) in [7, 11) is 0. The average molecular weight is 242 g/mol. The maximum absolute atomic E-state index is 10.2. The summed E-state index contributed by atoms with van der Waals surface area (Å²) in [5.74, 6) is 0.686. The Morgan fingerprint density at radius 1 is 1.17 bits per heavy atom. The lowest BCUT2D eigenvalue weighted by atomic mass is 9.92. The van der Waals surface area contributed by atoms with Crippen LogP contribution in [0.1, 0.15) is 36.5 Å². The molecule has 0 aliphatic carbocycles. The first-order valence-corrected chi connectivity index (χ1v) is 6.12. The Labute approximate surface area is 107 Å². The quantitative estimate of drug-likeness (QED) is 0.866. The van der Waals surface area contributed by atoms with Crippen LogP contribution < -0.4 is 5.73 Å². The van der Waals surface area contributed by atoms with Crippen LogP contribution in [-0.2, 0) is 0 Å². The fourth-order valence-electron chi connectivity index (χ4n) is 2.09. The van der Waals surface area contributed by atoms with Crippen LogP contribution >= 0.6 is 0 Å². The number of hydrogen-bond acceptors (Lipinski definition) is 3. The Bertz CT molecular complexity index is 499. The maximum Gasteiger partial charge on any atom is 0.129 e. The van der Waals surface area contributed by atoms with Crippen LogP contribution in [0.3, 0.4) is 0 Å². The van der Waals surface area contributed by atoms with Gasteiger partial charge in [-0.3, -0.25) is 0 Å². The Balaban J connectivity index is 2.08. The van der Waals surface area contributed by atoms with Crippen molar-refractivity contribution in [1.29, 1.82) is 0 Å². The van der Waals surface area contributed by atoms with Gasteiger partial charge in [0.15, 0.2) is 0 Å². The average Bonchev–Trinajstić information content (AvgIpc) is 2.40. The molecule has 0 bridgehead atoms. The van der Waals surface area contributed by atoms with Crippen molar-refractivity contribution < 1.29 is 5.11 Å². The molecule has 2 rings (SSSR count). The molecule has 2 atom stereocenters. The summed E-state index contributed by atoms with van der Waals surface area (Å²) < 4.78 is 0. The zero-order valence-electron chi connectivity index (χ0n) is 10.5. The summed E-state index contributed by atoms with van der Waals surface area (Å²) in [5.41, 5.74) is 7.69. The Kier molecular flexibility index (Phi) is 3.95. The number of aromatic nitrogens is 1. The molecule has 0 spiro atoms. The molecule has 3 N–H and O–H groups in total. The first-order valence-electron chi connectivity index (χ1n) is 6.12. The molecular formula is C15H18N2O. The van der Waals surface area contributed by atoms with E-state index in [-0.39, 0.29) is 5.92 Å². The molecule has 0 saturated heterocycles. The van der Waals surface area contributed by atoms with Crippen molar-refractivity contribution in [2.45, 2.75) is 25.4 Å². The number of anilines is 1. The molecule has 0 fully saturated rings. The van der Waals surface area contributed by atoms with Crippen molar-refractivity contribution in [3.8, 4) is 0 Å². The predicted octanol–water partition coefficient (Wildman–Crippen LogP) is 2.89. The van der Waals surface area contributed by atoms with E-state index in [1.54, 1.807) is 12.3 Å². The molecule has 0 aliphatic rings. The van der Waals surface area contributed by atoms with Crippen molar-refractivity contribution in [1.82, 2.24) is 4.98 Å². The van der Waals surface area contributed by atoms with Gasteiger partial charge in [-0.2, -0.15) is 0 Å². The minimum absolute atomic E-state index is 0.279. The highest BCUT2D eigenvalue weighted by Gasteiger charge is 2.16. The Morgan fingerprint density at radius 2 is 1.89 bits per heavy atom. The number of aliphatic hydroxyl groups is 1. The second-order valence-electron chi connectivity index (χ2n) is 4.54. The van der Waals surface area contributed by atoms with E-state index in [1.807, 2.05) is 24.3 Å². The molecule has 2 aromatic rings. The maximum atomic E-state index is 10.2. The third-order valence-corrected chi connectivity index (χ3v) is 3.18. The van der Waals surface area contributed by atoms with E-state index in [0.717, 1.165) is 0 Å². The van der Waals surface area contributed by atoms with E-state index in [4.69, 9.17) is 5.73 Å². The van der Waals surface area contributed by atoms with Gasteiger partial charge in [-0.25, -0.2) is 4.98 Å².